The molecule has 0 spiro atoms. The highest BCUT2D eigenvalue weighted by Crippen LogP contribution is 2.39. The third kappa shape index (κ3) is 3.70. The van der Waals surface area contributed by atoms with Gasteiger partial charge in [0.25, 0.3) is 0 Å². The van der Waals surface area contributed by atoms with Gasteiger partial charge in [-0.3, -0.25) is 0 Å². The molecule has 0 saturated heterocycles. The average Bonchev–Trinajstić information content (AvgIpc) is 2.56. The number of carbonyl (C=O) groups is 1. The highest BCUT2D eigenvalue weighted by Gasteiger charge is 2.26. The number of phenols is 2. The molecule has 0 aliphatic heterocycles. The lowest BCUT2D eigenvalue weighted by Gasteiger charge is -2.29. The summed E-state index contributed by atoms with van der Waals surface area (Å²) in [4.78, 5) is 12.2. The molecule has 2 N–H and O–H groups in total. The Labute approximate surface area is 141 Å². The second-order valence-corrected chi connectivity index (χ2v) is 6.49. The second kappa shape index (κ2) is 6.95. The molecule has 4 nitrogen and oxygen atoms in total. The number of hydrogen-bond acceptors (Lipinski definition) is 4. The van der Waals surface area contributed by atoms with Crippen LogP contribution in [0, 0.1) is 6.92 Å². The minimum atomic E-state index is -0.272. The summed E-state index contributed by atoms with van der Waals surface area (Å²) < 4.78 is 5.61. The maximum atomic E-state index is 12.2. The van der Waals surface area contributed by atoms with Gasteiger partial charge in [0, 0.05) is 6.07 Å². The van der Waals surface area contributed by atoms with Crippen molar-refractivity contribution in [3.05, 3.63) is 59.2 Å². The van der Waals surface area contributed by atoms with Crippen molar-refractivity contribution in [3.8, 4) is 11.5 Å². The summed E-state index contributed by atoms with van der Waals surface area (Å²) in [7, 11) is 0. The molecule has 1 saturated carbocycles. The number of phenolic OH excluding ortho intramolecular Hbond substituents is 2. The summed E-state index contributed by atoms with van der Waals surface area (Å²) in [5.41, 5.74) is 2.55. The predicted octanol–water partition coefficient (Wildman–Crippen LogP) is 4.29. The monoisotopic (exact) mass is 326 g/mol. The first kappa shape index (κ1) is 16.4. The Morgan fingerprint density at radius 2 is 1.67 bits per heavy atom. The van der Waals surface area contributed by atoms with Crippen LogP contribution in [0.1, 0.15) is 53.1 Å². The Morgan fingerprint density at radius 3 is 2.29 bits per heavy atom. The molecular weight excluding hydrogens is 304 g/mol. The number of hydrogen-bond donors (Lipinski definition) is 2. The van der Waals surface area contributed by atoms with Gasteiger partial charge in [-0.15, -0.1) is 0 Å². The topological polar surface area (TPSA) is 66.8 Å². The molecule has 126 valence electrons. The van der Waals surface area contributed by atoms with E-state index < -0.39 is 0 Å². The van der Waals surface area contributed by atoms with Gasteiger partial charge in [0.2, 0.25) is 0 Å². The van der Waals surface area contributed by atoms with Gasteiger partial charge >= 0.3 is 5.97 Å². The smallest absolute Gasteiger partial charge is 0.338 e. The van der Waals surface area contributed by atoms with Crippen LogP contribution in [-0.2, 0) is 4.74 Å². The molecule has 0 bridgehead atoms. The van der Waals surface area contributed by atoms with Crippen molar-refractivity contribution in [2.45, 2.75) is 44.6 Å². The predicted molar refractivity (Wildman–Crippen MR) is 91.4 cm³/mol. The zero-order valence-corrected chi connectivity index (χ0v) is 13.7. The molecule has 0 aromatic heterocycles. The third-order valence-corrected chi connectivity index (χ3v) is 4.69. The Bertz CT molecular complexity index is 713. The molecule has 1 aliphatic rings. The van der Waals surface area contributed by atoms with Gasteiger partial charge in [0.1, 0.15) is 17.6 Å². The average molecular weight is 326 g/mol. The van der Waals surface area contributed by atoms with E-state index in [1.54, 1.807) is 24.3 Å². The first-order valence-corrected chi connectivity index (χ1v) is 8.32. The van der Waals surface area contributed by atoms with Gasteiger partial charge in [-0.25, -0.2) is 4.79 Å². The fraction of sp³-hybridized carbons (Fsp3) is 0.350. The third-order valence-electron chi connectivity index (χ3n) is 4.69. The van der Waals surface area contributed by atoms with E-state index in [0.717, 1.165) is 36.8 Å². The van der Waals surface area contributed by atoms with Crippen molar-refractivity contribution in [3.63, 3.8) is 0 Å². The van der Waals surface area contributed by atoms with Crippen LogP contribution >= 0.6 is 0 Å². The van der Waals surface area contributed by atoms with E-state index >= 15 is 0 Å². The molecule has 0 atom stereocenters. The quantitative estimate of drug-likeness (QED) is 0.826. The minimum absolute atomic E-state index is 0.0666. The summed E-state index contributed by atoms with van der Waals surface area (Å²) >= 11 is 0. The largest absolute Gasteiger partial charge is 0.508 e. The van der Waals surface area contributed by atoms with Crippen molar-refractivity contribution in [1.82, 2.24) is 0 Å². The molecule has 24 heavy (non-hydrogen) atoms. The Morgan fingerprint density at radius 1 is 1.00 bits per heavy atom. The number of aryl methyl sites for hydroxylation is 1. The van der Waals surface area contributed by atoms with Crippen LogP contribution in [0.25, 0.3) is 0 Å². The summed E-state index contributed by atoms with van der Waals surface area (Å²) in [6.45, 7) is 1.98. The molecule has 2 aromatic rings. The van der Waals surface area contributed by atoms with E-state index in [1.165, 1.54) is 6.07 Å². The first-order chi connectivity index (χ1) is 11.5. The van der Waals surface area contributed by atoms with Crippen LogP contribution in [0.3, 0.4) is 0 Å². The fourth-order valence-corrected chi connectivity index (χ4v) is 3.28. The van der Waals surface area contributed by atoms with Gasteiger partial charge in [-0.1, -0.05) is 23.8 Å². The fourth-order valence-electron chi connectivity index (χ4n) is 3.28. The zero-order chi connectivity index (χ0) is 17.1. The van der Waals surface area contributed by atoms with Gasteiger partial charge < -0.3 is 14.9 Å². The van der Waals surface area contributed by atoms with E-state index in [0.29, 0.717) is 5.56 Å². The molecule has 0 radical (unpaired) electrons. The van der Waals surface area contributed by atoms with Crippen molar-refractivity contribution in [1.29, 1.82) is 0 Å². The van der Waals surface area contributed by atoms with E-state index in [4.69, 9.17) is 4.74 Å². The summed E-state index contributed by atoms with van der Waals surface area (Å²) in [5.74, 6) is 0.165. The van der Waals surface area contributed by atoms with Gasteiger partial charge in [0.05, 0.1) is 5.56 Å². The van der Waals surface area contributed by atoms with Gasteiger partial charge in [0.15, 0.2) is 0 Å². The number of esters is 1. The van der Waals surface area contributed by atoms with Crippen LogP contribution in [-0.4, -0.2) is 22.3 Å². The van der Waals surface area contributed by atoms with E-state index in [9.17, 15) is 15.0 Å². The molecule has 4 heteroatoms. The summed E-state index contributed by atoms with van der Waals surface area (Å²) in [6.07, 6.45) is 3.19. The van der Waals surface area contributed by atoms with Crippen molar-refractivity contribution in [2.75, 3.05) is 0 Å². The molecule has 0 heterocycles. The van der Waals surface area contributed by atoms with Crippen molar-refractivity contribution < 1.29 is 19.7 Å². The number of rotatable bonds is 3. The first-order valence-electron chi connectivity index (χ1n) is 8.32. The minimum Gasteiger partial charge on any atom is -0.508 e. The van der Waals surface area contributed by atoms with Crippen molar-refractivity contribution >= 4 is 5.97 Å². The van der Waals surface area contributed by atoms with E-state index in [2.05, 4.69) is 0 Å². The standard InChI is InChI=1S/C20H22O4/c1-13-2-4-15(5-3-13)20(23)24-17-9-6-14(7-10-17)18-11-8-16(21)12-19(18)22/h2-5,8,11-12,14,17,21-22H,6-7,9-10H2,1H3/t14-,17-. The van der Waals surface area contributed by atoms with E-state index in [-0.39, 0.29) is 29.5 Å². The van der Waals surface area contributed by atoms with Crippen LogP contribution in [0.5, 0.6) is 11.5 Å². The van der Waals surface area contributed by atoms with Crippen LogP contribution in [0.4, 0.5) is 0 Å². The van der Waals surface area contributed by atoms with Crippen LogP contribution in [0.2, 0.25) is 0 Å². The van der Waals surface area contributed by atoms with Crippen LogP contribution < -0.4 is 0 Å². The molecule has 3 rings (SSSR count). The van der Waals surface area contributed by atoms with Gasteiger partial charge in [-0.2, -0.15) is 0 Å². The molecule has 0 unspecified atom stereocenters. The molecule has 0 amide bonds. The lowest BCUT2D eigenvalue weighted by Crippen LogP contribution is -2.24. The normalized spacial score (nSPS) is 20.5. The lowest BCUT2D eigenvalue weighted by molar-refractivity contribution is 0.0194. The zero-order valence-electron chi connectivity index (χ0n) is 13.7. The van der Waals surface area contributed by atoms with Crippen molar-refractivity contribution in [2.24, 2.45) is 0 Å². The maximum absolute atomic E-state index is 12.2. The Balaban J connectivity index is 1.57. The summed E-state index contributed by atoms with van der Waals surface area (Å²) in [5, 5.41) is 19.4. The molecule has 1 aliphatic carbocycles. The second-order valence-electron chi connectivity index (χ2n) is 6.49. The molecular formula is C20H22O4. The maximum Gasteiger partial charge on any atom is 0.338 e. The molecule has 2 aromatic carbocycles. The number of ether oxygens (including phenoxy) is 1. The Kier molecular flexibility index (Phi) is 4.74. The number of carbonyl (C=O) groups excluding carboxylic acids is 1. The number of aromatic hydroxyl groups is 2. The SMILES string of the molecule is Cc1ccc(C(=O)O[C@H]2CC[C@H](c3ccc(O)cc3O)CC2)cc1. The molecule has 1 fully saturated rings. The van der Waals surface area contributed by atoms with Crippen LogP contribution in [0.15, 0.2) is 42.5 Å². The number of benzene rings is 2. The van der Waals surface area contributed by atoms with E-state index in [1.807, 2.05) is 19.1 Å². The highest BCUT2D eigenvalue weighted by molar-refractivity contribution is 5.89. The Hall–Kier alpha value is -2.49. The highest BCUT2D eigenvalue weighted by atomic mass is 16.5. The van der Waals surface area contributed by atoms with Gasteiger partial charge in [-0.05, 0) is 62.3 Å². The lowest BCUT2D eigenvalue weighted by atomic mass is 9.82. The summed E-state index contributed by atoms with van der Waals surface area (Å²) in [6, 6.07) is 12.1.